The van der Waals surface area contributed by atoms with Crippen LogP contribution in [0.15, 0.2) is 11.6 Å². The summed E-state index contributed by atoms with van der Waals surface area (Å²) >= 11 is 7.19. The van der Waals surface area contributed by atoms with Crippen molar-refractivity contribution in [1.82, 2.24) is 14.8 Å². The van der Waals surface area contributed by atoms with Crippen LogP contribution in [0.2, 0.25) is 5.02 Å². The average molecular weight is 259 g/mol. The Kier molecular flexibility index (Phi) is 2.88. The SMILES string of the molecule is Cc1nc(Cn2cc(Cl)c([N+](=O)[O-])n2)cs1. The Labute approximate surface area is 99.6 Å². The predicted molar refractivity (Wildman–Crippen MR) is 59.8 cm³/mol. The van der Waals surface area contributed by atoms with Crippen molar-refractivity contribution in [1.29, 1.82) is 0 Å². The molecular formula is C8H7ClN4O2S. The molecule has 0 amide bonds. The summed E-state index contributed by atoms with van der Waals surface area (Å²) in [5, 5.41) is 17.2. The van der Waals surface area contributed by atoms with Crippen LogP contribution >= 0.6 is 22.9 Å². The molecule has 0 fully saturated rings. The number of hydrogen-bond donors (Lipinski definition) is 0. The van der Waals surface area contributed by atoms with Gasteiger partial charge in [0, 0.05) is 5.38 Å². The van der Waals surface area contributed by atoms with Gasteiger partial charge in [-0.3, -0.25) is 0 Å². The molecule has 2 aromatic rings. The molecule has 6 nitrogen and oxygen atoms in total. The molecular weight excluding hydrogens is 252 g/mol. The zero-order valence-corrected chi connectivity index (χ0v) is 9.83. The standard InChI is InChI=1S/C8H7ClN4O2S/c1-5-10-6(4-16-5)2-12-3-7(9)8(11-12)13(14)15/h3-4H,2H2,1H3. The lowest BCUT2D eigenvalue weighted by molar-refractivity contribution is -0.389. The predicted octanol–water partition coefficient (Wildman–Crippen LogP) is 2.26. The lowest BCUT2D eigenvalue weighted by Crippen LogP contribution is -2.01. The summed E-state index contributed by atoms with van der Waals surface area (Å²) in [5.41, 5.74) is 0.816. The highest BCUT2D eigenvalue weighted by molar-refractivity contribution is 7.09. The van der Waals surface area contributed by atoms with Crippen LogP contribution in [-0.2, 0) is 6.54 Å². The van der Waals surface area contributed by atoms with E-state index in [0.717, 1.165) is 10.7 Å². The molecule has 8 heteroatoms. The number of rotatable bonds is 3. The molecule has 0 saturated heterocycles. The van der Waals surface area contributed by atoms with Crippen molar-refractivity contribution >= 4 is 28.8 Å². The van der Waals surface area contributed by atoms with Crippen molar-refractivity contribution in [2.75, 3.05) is 0 Å². The number of nitro groups is 1. The molecule has 0 unspecified atom stereocenters. The lowest BCUT2D eigenvalue weighted by atomic mass is 10.5. The number of nitrogens with zero attached hydrogens (tertiary/aromatic N) is 4. The maximum absolute atomic E-state index is 10.5. The third-order valence-electron chi connectivity index (χ3n) is 1.86. The quantitative estimate of drug-likeness (QED) is 0.625. The minimum atomic E-state index is -0.606. The summed E-state index contributed by atoms with van der Waals surface area (Å²) in [7, 11) is 0. The molecule has 16 heavy (non-hydrogen) atoms. The fraction of sp³-hybridized carbons (Fsp3) is 0.250. The Morgan fingerprint density at radius 2 is 2.44 bits per heavy atom. The maximum atomic E-state index is 10.5. The molecule has 84 valence electrons. The second-order valence-electron chi connectivity index (χ2n) is 3.11. The molecule has 0 aliphatic heterocycles. The Morgan fingerprint density at radius 1 is 1.69 bits per heavy atom. The average Bonchev–Trinajstić information content (AvgIpc) is 2.73. The van der Waals surface area contributed by atoms with Crippen molar-refractivity contribution in [3.8, 4) is 0 Å². The van der Waals surface area contributed by atoms with Crippen LogP contribution in [0, 0.1) is 17.0 Å². The molecule has 2 aromatic heterocycles. The van der Waals surface area contributed by atoms with Gasteiger partial charge in [-0.1, -0.05) is 11.6 Å². The number of thiazole rings is 1. The largest absolute Gasteiger partial charge is 0.408 e. The van der Waals surface area contributed by atoms with Crippen molar-refractivity contribution < 1.29 is 4.92 Å². The molecule has 2 rings (SSSR count). The van der Waals surface area contributed by atoms with E-state index in [1.807, 2.05) is 12.3 Å². The van der Waals surface area contributed by atoms with Gasteiger partial charge in [-0.15, -0.1) is 11.3 Å². The second-order valence-corrected chi connectivity index (χ2v) is 4.58. The van der Waals surface area contributed by atoms with E-state index < -0.39 is 4.92 Å². The zero-order valence-electron chi connectivity index (χ0n) is 8.25. The summed E-state index contributed by atoms with van der Waals surface area (Å²) in [5.74, 6) is -0.325. The summed E-state index contributed by atoms with van der Waals surface area (Å²) in [4.78, 5) is 14.2. The second kappa shape index (κ2) is 4.18. The Bertz CT molecular complexity index is 536. The van der Waals surface area contributed by atoms with Crippen molar-refractivity contribution in [2.45, 2.75) is 13.5 Å². The van der Waals surface area contributed by atoms with E-state index in [0.29, 0.717) is 6.54 Å². The molecule has 0 atom stereocenters. The van der Waals surface area contributed by atoms with Crippen LogP contribution in [0.5, 0.6) is 0 Å². The van der Waals surface area contributed by atoms with Crippen LogP contribution in [0.25, 0.3) is 0 Å². The summed E-state index contributed by atoms with van der Waals surface area (Å²) in [6, 6.07) is 0. The van der Waals surface area contributed by atoms with Gasteiger partial charge < -0.3 is 10.1 Å². The van der Waals surface area contributed by atoms with Crippen LogP contribution in [-0.4, -0.2) is 19.7 Å². The third-order valence-corrected chi connectivity index (χ3v) is 2.95. The first-order valence-electron chi connectivity index (χ1n) is 4.34. The number of aromatic nitrogens is 3. The minimum Gasteiger partial charge on any atom is -0.358 e. The molecule has 0 bridgehead atoms. The summed E-state index contributed by atoms with van der Waals surface area (Å²) in [6.07, 6.45) is 1.42. The summed E-state index contributed by atoms with van der Waals surface area (Å²) < 4.78 is 1.41. The number of hydrogen-bond acceptors (Lipinski definition) is 5. The van der Waals surface area contributed by atoms with E-state index in [9.17, 15) is 10.1 Å². The van der Waals surface area contributed by atoms with E-state index in [2.05, 4.69) is 10.1 Å². The lowest BCUT2D eigenvalue weighted by Gasteiger charge is -1.90. The van der Waals surface area contributed by atoms with E-state index in [4.69, 9.17) is 11.6 Å². The fourth-order valence-corrected chi connectivity index (χ4v) is 2.06. The van der Waals surface area contributed by atoms with Crippen LogP contribution in [0.3, 0.4) is 0 Å². The van der Waals surface area contributed by atoms with Gasteiger partial charge in [0.1, 0.15) is 6.54 Å². The van der Waals surface area contributed by atoms with Crippen molar-refractivity contribution in [2.24, 2.45) is 0 Å². The Hall–Kier alpha value is -1.47. The highest BCUT2D eigenvalue weighted by Gasteiger charge is 2.19. The fourth-order valence-electron chi connectivity index (χ4n) is 1.24. The number of halogens is 1. The van der Waals surface area contributed by atoms with Crippen molar-refractivity contribution in [3.05, 3.63) is 37.4 Å². The van der Waals surface area contributed by atoms with Crippen LogP contribution < -0.4 is 0 Å². The van der Waals surface area contributed by atoms with Crippen molar-refractivity contribution in [3.63, 3.8) is 0 Å². The molecule has 0 saturated carbocycles. The normalized spacial score (nSPS) is 10.6. The van der Waals surface area contributed by atoms with E-state index in [1.165, 1.54) is 22.2 Å². The minimum absolute atomic E-state index is 0.0388. The van der Waals surface area contributed by atoms with Crippen LogP contribution in [0.4, 0.5) is 5.82 Å². The topological polar surface area (TPSA) is 73.8 Å². The van der Waals surface area contributed by atoms with Gasteiger partial charge in [0.15, 0.2) is 5.02 Å². The molecule has 0 aliphatic carbocycles. The molecule has 0 radical (unpaired) electrons. The van der Waals surface area contributed by atoms with E-state index in [1.54, 1.807) is 0 Å². The molecule has 2 heterocycles. The molecule has 0 N–H and O–H groups in total. The first-order valence-corrected chi connectivity index (χ1v) is 5.60. The Morgan fingerprint density at radius 3 is 2.94 bits per heavy atom. The monoisotopic (exact) mass is 258 g/mol. The van der Waals surface area contributed by atoms with Gasteiger partial charge in [0.25, 0.3) is 0 Å². The highest BCUT2D eigenvalue weighted by Crippen LogP contribution is 2.21. The highest BCUT2D eigenvalue weighted by atomic mass is 35.5. The van der Waals surface area contributed by atoms with Gasteiger partial charge in [0.2, 0.25) is 0 Å². The molecule has 0 spiro atoms. The van der Waals surface area contributed by atoms with Gasteiger partial charge in [-0.25, -0.2) is 4.98 Å². The maximum Gasteiger partial charge on any atom is 0.408 e. The van der Waals surface area contributed by atoms with E-state index >= 15 is 0 Å². The first kappa shape index (κ1) is 11.0. The van der Waals surface area contributed by atoms with Crippen LogP contribution in [0.1, 0.15) is 10.7 Å². The smallest absolute Gasteiger partial charge is 0.358 e. The number of aryl methyl sites for hydroxylation is 1. The zero-order chi connectivity index (χ0) is 11.7. The van der Waals surface area contributed by atoms with Gasteiger partial charge in [0.05, 0.1) is 22.0 Å². The molecule has 0 aromatic carbocycles. The van der Waals surface area contributed by atoms with E-state index in [-0.39, 0.29) is 10.8 Å². The van der Waals surface area contributed by atoms with Gasteiger partial charge in [-0.2, -0.15) is 4.68 Å². The summed E-state index contributed by atoms with van der Waals surface area (Å²) in [6.45, 7) is 2.28. The first-order chi connectivity index (χ1) is 7.56. The third kappa shape index (κ3) is 2.20. The Balaban J connectivity index is 2.22. The van der Waals surface area contributed by atoms with Gasteiger partial charge >= 0.3 is 5.82 Å². The molecule has 0 aliphatic rings. The van der Waals surface area contributed by atoms with Gasteiger partial charge in [-0.05, 0) is 11.8 Å².